The van der Waals surface area contributed by atoms with Gasteiger partial charge in [0.2, 0.25) is 5.69 Å². The van der Waals surface area contributed by atoms with Crippen molar-refractivity contribution in [2.75, 3.05) is 5.32 Å². The van der Waals surface area contributed by atoms with E-state index in [-0.39, 0.29) is 0 Å². The molecule has 0 radical (unpaired) electrons. The second-order valence-corrected chi connectivity index (χ2v) is 5.44. The molecule has 2 heteroatoms. The summed E-state index contributed by atoms with van der Waals surface area (Å²) in [7, 11) is 0. The van der Waals surface area contributed by atoms with Crippen LogP contribution >= 0.6 is 0 Å². The van der Waals surface area contributed by atoms with Crippen molar-refractivity contribution in [1.29, 1.82) is 0 Å². The first-order valence-corrected chi connectivity index (χ1v) is 7.23. The highest BCUT2D eigenvalue weighted by Gasteiger charge is 2.04. The fourth-order valence-electron chi connectivity index (χ4n) is 2.23. The second-order valence-electron chi connectivity index (χ2n) is 5.44. The molecule has 0 saturated heterocycles. The van der Waals surface area contributed by atoms with Crippen molar-refractivity contribution in [2.24, 2.45) is 0 Å². The third-order valence-electron chi connectivity index (χ3n) is 3.27. The number of para-hydroxylation sites is 1. The Balaban J connectivity index is 2.15. The molecule has 0 amide bonds. The molecule has 0 fully saturated rings. The van der Waals surface area contributed by atoms with E-state index in [1.807, 2.05) is 18.2 Å². The number of aryl methyl sites for hydroxylation is 2. The summed E-state index contributed by atoms with van der Waals surface area (Å²) in [6.07, 6.45) is 2.12. The monoisotopic (exact) mass is 279 g/mol. The van der Waals surface area contributed by atoms with Crippen LogP contribution in [-0.2, 0) is 0 Å². The molecule has 2 rings (SSSR count). The molecule has 0 aliphatic carbocycles. The first kappa shape index (κ1) is 15.0. The normalized spacial score (nSPS) is 12.4. The van der Waals surface area contributed by atoms with Crippen LogP contribution in [0.4, 0.5) is 11.4 Å². The molecule has 0 aliphatic heterocycles. The Bertz CT molecular complexity index is 667. The maximum Gasteiger partial charge on any atom is 0.206 e. The first-order chi connectivity index (χ1) is 10.0. The summed E-state index contributed by atoms with van der Waals surface area (Å²) in [5.41, 5.74) is 7.00. The lowest BCUT2D eigenvalue weighted by atomic mass is 10.1. The molecule has 0 unspecified atom stereocenters. The van der Waals surface area contributed by atoms with Gasteiger partial charge in [-0.3, -0.25) is 0 Å². The lowest BCUT2D eigenvalue weighted by Gasteiger charge is -2.05. The summed E-state index contributed by atoms with van der Waals surface area (Å²) in [4.78, 5) is 3.47. The Hall–Kier alpha value is -2.35. The molecule has 0 spiro atoms. The largest absolute Gasteiger partial charge is 0.359 e. The van der Waals surface area contributed by atoms with Gasteiger partial charge < -0.3 is 5.32 Å². The topological polar surface area (TPSA) is 26.0 Å². The van der Waals surface area contributed by atoms with Gasteiger partial charge in [0.25, 0.3) is 0 Å². The van der Waals surface area contributed by atoms with Gasteiger partial charge in [-0.1, -0.05) is 30.3 Å². The number of nitrogens with one attached hydrogen (secondary N) is 2. The van der Waals surface area contributed by atoms with Gasteiger partial charge >= 0.3 is 0 Å². The van der Waals surface area contributed by atoms with Crippen LogP contribution in [0.15, 0.2) is 60.3 Å². The molecule has 0 atom stereocenters. The lowest BCUT2D eigenvalue weighted by molar-refractivity contribution is -0.353. The number of hydrogen-bond acceptors (Lipinski definition) is 1. The van der Waals surface area contributed by atoms with E-state index in [4.69, 9.17) is 0 Å². The van der Waals surface area contributed by atoms with Gasteiger partial charge in [0.15, 0.2) is 5.71 Å². The van der Waals surface area contributed by atoms with Gasteiger partial charge in [-0.15, -0.1) is 0 Å². The molecule has 0 heterocycles. The van der Waals surface area contributed by atoms with E-state index in [1.54, 1.807) is 0 Å². The van der Waals surface area contributed by atoms with Crippen molar-refractivity contribution >= 4 is 17.1 Å². The van der Waals surface area contributed by atoms with Crippen LogP contribution < -0.4 is 10.3 Å². The van der Waals surface area contributed by atoms with Gasteiger partial charge in [-0.05, 0) is 38.5 Å². The number of hydrogen-bond donors (Lipinski definition) is 2. The van der Waals surface area contributed by atoms with E-state index >= 15 is 0 Å². The molecular weight excluding hydrogens is 256 g/mol. The summed E-state index contributed by atoms with van der Waals surface area (Å²) >= 11 is 0. The number of anilines is 1. The van der Waals surface area contributed by atoms with Gasteiger partial charge in [-0.2, -0.15) is 0 Å². The maximum atomic E-state index is 3.47. The van der Waals surface area contributed by atoms with Crippen molar-refractivity contribution in [3.8, 4) is 0 Å². The second kappa shape index (κ2) is 6.89. The van der Waals surface area contributed by atoms with E-state index in [1.165, 1.54) is 11.1 Å². The summed E-state index contributed by atoms with van der Waals surface area (Å²) in [6.45, 7) is 8.38. The SMILES string of the molecule is CC(/C=C(/C)Nc1ccccc1)=[NH+]c1cc(C)ccc1C. The van der Waals surface area contributed by atoms with Crippen LogP contribution in [0.1, 0.15) is 25.0 Å². The van der Waals surface area contributed by atoms with Gasteiger partial charge in [0, 0.05) is 36.0 Å². The summed E-state index contributed by atoms with van der Waals surface area (Å²) in [6, 6.07) is 16.6. The maximum absolute atomic E-state index is 3.47. The molecule has 2 aromatic rings. The minimum atomic E-state index is 1.10. The Morgan fingerprint density at radius 2 is 1.71 bits per heavy atom. The molecule has 0 aliphatic rings. The molecule has 2 aromatic carbocycles. The standard InChI is InChI=1S/C19H22N2/c1-14-10-11-15(2)19(12-14)21-17(4)13-16(3)20-18-8-6-5-7-9-18/h5-13,20H,1-4H3/p+1/b16-13-,21-17?. The van der Waals surface area contributed by atoms with Crippen LogP contribution in [0.25, 0.3) is 0 Å². The van der Waals surface area contributed by atoms with Crippen LogP contribution in [0.5, 0.6) is 0 Å². The molecule has 2 N–H and O–H groups in total. The Labute approximate surface area is 127 Å². The summed E-state index contributed by atoms with van der Waals surface area (Å²) in [5.74, 6) is 0. The van der Waals surface area contributed by atoms with Crippen LogP contribution in [0.2, 0.25) is 0 Å². The molecule has 21 heavy (non-hydrogen) atoms. The van der Waals surface area contributed by atoms with Gasteiger partial charge in [-0.25, -0.2) is 4.99 Å². The Morgan fingerprint density at radius 3 is 2.43 bits per heavy atom. The minimum absolute atomic E-state index is 1.10. The van der Waals surface area contributed by atoms with Gasteiger partial charge in [0.05, 0.1) is 0 Å². The molecular formula is C19H23N2+. The summed E-state index contributed by atoms with van der Waals surface area (Å²) < 4.78 is 0. The third-order valence-corrected chi connectivity index (χ3v) is 3.27. The Morgan fingerprint density at radius 1 is 1.00 bits per heavy atom. The van der Waals surface area contributed by atoms with Gasteiger partial charge in [0.1, 0.15) is 0 Å². The molecule has 2 nitrogen and oxygen atoms in total. The smallest absolute Gasteiger partial charge is 0.206 e. The zero-order chi connectivity index (χ0) is 15.2. The quantitative estimate of drug-likeness (QED) is 0.823. The van der Waals surface area contributed by atoms with Crippen molar-refractivity contribution < 1.29 is 4.99 Å². The fraction of sp³-hybridized carbons (Fsp3) is 0.211. The first-order valence-electron chi connectivity index (χ1n) is 7.23. The zero-order valence-electron chi connectivity index (χ0n) is 13.2. The average molecular weight is 279 g/mol. The van der Waals surface area contributed by atoms with E-state index in [9.17, 15) is 0 Å². The molecule has 0 bridgehead atoms. The highest BCUT2D eigenvalue weighted by atomic mass is 14.9. The highest BCUT2D eigenvalue weighted by molar-refractivity contribution is 5.89. The van der Waals surface area contributed by atoms with Crippen LogP contribution in [0, 0.1) is 13.8 Å². The fourth-order valence-corrected chi connectivity index (χ4v) is 2.23. The molecule has 0 saturated carbocycles. The minimum Gasteiger partial charge on any atom is -0.359 e. The average Bonchev–Trinajstić information content (AvgIpc) is 2.43. The highest BCUT2D eigenvalue weighted by Crippen LogP contribution is 2.10. The number of benzene rings is 2. The van der Waals surface area contributed by atoms with Crippen molar-refractivity contribution in [2.45, 2.75) is 27.7 Å². The predicted octanol–water partition coefficient (Wildman–Crippen LogP) is 3.49. The van der Waals surface area contributed by atoms with Crippen molar-refractivity contribution in [3.63, 3.8) is 0 Å². The van der Waals surface area contributed by atoms with Crippen molar-refractivity contribution in [3.05, 3.63) is 71.4 Å². The van der Waals surface area contributed by atoms with E-state index in [0.717, 1.165) is 22.8 Å². The van der Waals surface area contributed by atoms with E-state index in [0.29, 0.717) is 0 Å². The molecule has 108 valence electrons. The third kappa shape index (κ3) is 4.60. The van der Waals surface area contributed by atoms with Crippen LogP contribution in [-0.4, -0.2) is 5.71 Å². The van der Waals surface area contributed by atoms with E-state index in [2.05, 4.69) is 74.4 Å². The lowest BCUT2D eigenvalue weighted by Crippen LogP contribution is -2.65. The van der Waals surface area contributed by atoms with E-state index < -0.39 is 0 Å². The number of rotatable bonds is 4. The predicted molar refractivity (Wildman–Crippen MR) is 91.0 cm³/mol. The zero-order valence-corrected chi connectivity index (χ0v) is 13.2. The van der Waals surface area contributed by atoms with Crippen molar-refractivity contribution in [1.82, 2.24) is 0 Å². The number of allylic oxidation sites excluding steroid dienone is 2. The Kier molecular flexibility index (Phi) is 4.94. The molecule has 0 aromatic heterocycles. The van der Waals surface area contributed by atoms with Crippen LogP contribution in [0.3, 0.4) is 0 Å². The summed E-state index contributed by atoms with van der Waals surface area (Å²) in [5, 5.41) is 3.38.